The maximum absolute atomic E-state index is 12.7. The van der Waals surface area contributed by atoms with Crippen molar-refractivity contribution in [2.75, 3.05) is 0 Å². The van der Waals surface area contributed by atoms with Gasteiger partial charge in [-0.1, -0.05) is 0 Å². The SMILES string of the molecule is CC[C@H]1O[C@@H](n2ccc(=O)nc2[Se])C(C)(OC(=O)c2ccccc2)[C@H]1C. The molecule has 0 N–H and O–H groups in total. The molecule has 2 aromatic rings. The second-order valence-corrected chi connectivity index (χ2v) is 7.38. The van der Waals surface area contributed by atoms with Crippen LogP contribution in [0.3, 0.4) is 0 Å². The van der Waals surface area contributed by atoms with E-state index in [0.717, 1.165) is 6.42 Å². The number of rotatable bonds is 4. The van der Waals surface area contributed by atoms with Crippen LogP contribution in [-0.4, -0.2) is 43.2 Å². The van der Waals surface area contributed by atoms with E-state index >= 15 is 0 Å². The maximum atomic E-state index is 12.7. The van der Waals surface area contributed by atoms with Crippen molar-refractivity contribution in [3.63, 3.8) is 0 Å². The fourth-order valence-electron chi connectivity index (χ4n) is 3.36. The third-order valence-electron chi connectivity index (χ3n) is 5.04. The van der Waals surface area contributed by atoms with E-state index in [1.807, 2.05) is 26.8 Å². The fraction of sp³-hybridized carbons (Fsp3) is 0.421. The number of nitrogens with zero attached hydrogens (tertiary/aromatic N) is 2. The first-order chi connectivity index (χ1) is 12.4. The molecule has 3 rings (SSSR count). The molecule has 1 radical (unpaired) electrons. The summed E-state index contributed by atoms with van der Waals surface area (Å²) in [4.78, 5) is 28.1. The zero-order chi connectivity index (χ0) is 18.9. The molecule has 0 saturated carbocycles. The van der Waals surface area contributed by atoms with Crippen molar-refractivity contribution < 1.29 is 14.3 Å². The molecule has 1 aliphatic heterocycles. The van der Waals surface area contributed by atoms with Crippen LogP contribution in [0.15, 0.2) is 47.4 Å². The first-order valence-electron chi connectivity index (χ1n) is 8.57. The molecule has 1 saturated heterocycles. The Labute approximate surface area is 160 Å². The summed E-state index contributed by atoms with van der Waals surface area (Å²) in [7, 11) is 0. The Balaban J connectivity index is 1.99. The van der Waals surface area contributed by atoms with E-state index in [4.69, 9.17) is 9.47 Å². The molecule has 7 heteroatoms. The molecule has 0 amide bonds. The molecule has 1 unspecified atom stereocenters. The average molecular weight is 420 g/mol. The summed E-state index contributed by atoms with van der Waals surface area (Å²) in [5.74, 6) is -0.440. The van der Waals surface area contributed by atoms with Crippen molar-refractivity contribution >= 4 is 26.7 Å². The Kier molecular flexibility index (Phi) is 5.32. The quantitative estimate of drug-likeness (QED) is 0.555. The number of carbonyl (C=O) groups is 1. The molecule has 4 atom stereocenters. The van der Waals surface area contributed by atoms with Crippen molar-refractivity contribution in [1.82, 2.24) is 9.55 Å². The predicted molar refractivity (Wildman–Crippen MR) is 97.5 cm³/mol. The van der Waals surface area contributed by atoms with Crippen LogP contribution in [0.25, 0.3) is 0 Å². The minimum atomic E-state index is -0.914. The van der Waals surface area contributed by atoms with E-state index in [0.29, 0.717) is 10.3 Å². The number of hydrogen-bond donors (Lipinski definition) is 0. The molecule has 0 aliphatic carbocycles. The van der Waals surface area contributed by atoms with Crippen LogP contribution >= 0.6 is 0 Å². The van der Waals surface area contributed by atoms with Crippen molar-refractivity contribution in [1.29, 1.82) is 0 Å². The Morgan fingerprint density at radius 3 is 2.65 bits per heavy atom. The molecule has 1 aliphatic rings. The Morgan fingerprint density at radius 2 is 2.04 bits per heavy atom. The molecule has 1 aromatic carbocycles. The van der Waals surface area contributed by atoms with Crippen molar-refractivity contribution in [2.45, 2.75) is 45.1 Å². The van der Waals surface area contributed by atoms with Gasteiger partial charge in [0.1, 0.15) is 0 Å². The van der Waals surface area contributed by atoms with E-state index in [9.17, 15) is 9.59 Å². The summed E-state index contributed by atoms with van der Waals surface area (Å²) in [6, 6.07) is 10.3. The number of aromatic nitrogens is 2. The summed E-state index contributed by atoms with van der Waals surface area (Å²) < 4.78 is 14.3. The molecule has 137 valence electrons. The number of carbonyl (C=O) groups excluding carboxylic acids is 1. The van der Waals surface area contributed by atoms with Crippen molar-refractivity contribution in [3.05, 3.63) is 58.5 Å². The molecular formula is C19H21N2O4Se. The zero-order valence-electron chi connectivity index (χ0n) is 14.9. The van der Waals surface area contributed by atoms with E-state index in [1.165, 1.54) is 6.07 Å². The van der Waals surface area contributed by atoms with Crippen molar-refractivity contribution in [2.24, 2.45) is 5.92 Å². The zero-order valence-corrected chi connectivity index (χ0v) is 16.6. The topological polar surface area (TPSA) is 70.4 Å². The van der Waals surface area contributed by atoms with Gasteiger partial charge in [0, 0.05) is 0 Å². The van der Waals surface area contributed by atoms with Gasteiger partial charge >= 0.3 is 160 Å². The first-order valence-corrected chi connectivity index (χ1v) is 9.42. The molecule has 0 bridgehead atoms. The summed E-state index contributed by atoms with van der Waals surface area (Å²) in [6.45, 7) is 5.92. The Morgan fingerprint density at radius 1 is 1.35 bits per heavy atom. The summed E-state index contributed by atoms with van der Waals surface area (Å²) >= 11 is 2.79. The van der Waals surface area contributed by atoms with Crippen LogP contribution in [0.2, 0.25) is 0 Å². The van der Waals surface area contributed by atoms with E-state index in [1.54, 1.807) is 35.0 Å². The van der Waals surface area contributed by atoms with E-state index < -0.39 is 17.8 Å². The van der Waals surface area contributed by atoms with Crippen LogP contribution < -0.4 is 10.3 Å². The summed E-state index contributed by atoms with van der Waals surface area (Å²) in [5, 5.41) is 0. The van der Waals surface area contributed by atoms with Gasteiger partial charge in [-0.05, 0) is 0 Å². The van der Waals surface area contributed by atoms with Gasteiger partial charge in [-0.15, -0.1) is 0 Å². The monoisotopic (exact) mass is 421 g/mol. The molecule has 26 heavy (non-hydrogen) atoms. The van der Waals surface area contributed by atoms with Crippen LogP contribution in [0.4, 0.5) is 0 Å². The van der Waals surface area contributed by atoms with Crippen LogP contribution in [0.5, 0.6) is 0 Å². The number of hydrogen-bond acceptors (Lipinski definition) is 5. The molecule has 2 heterocycles. The van der Waals surface area contributed by atoms with Crippen LogP contribution in [-0.2, 0) is 9.47 Å². The van der Waals surface area contributed by atoms with E-state index in [2.05, 4.69) is 21.0 Å². The van der Waals surface area contributed by atoms with Gasteiger partial charge in [-0.25, -0.2) is 0 Å². The summed E-state index contributed by atoms with van der Waals surface area (Å²) in [6.07, 6.45) is 1.74. The third kappa shape index (κ3) is 3.34. The number of ether oxygens (including phenoxy) is 2. The van der Waals surface area contributed by atoms with E-state index in [-0.39, 0.29) is 17.6 Å². The third-order valence-corrected chi connectivity index (χ3v) is 5.67. The Bertz CT molecular complexity index is 854. The number of benzene rings is 1. The number of esters is 1. The van der Waals surface area contributed by atoms with Gasteiger partial charge in [-0.2, -0.15) is 0 Å². The predicted octanol–water partition coefficient (Wildman–Crippen LogP) is 1.60. The van der Waals surface area contributed by atoms with Crippen LogP contribution in [0.1, 0.15) is 43.8 Å². The fourth-order valence-corrected chi connectivity index (χ4v) is 3.87. The normalized spacial score (nSPS) is 28.0. The van der Waals surface area contributed by atoms with Gasteiger partial charge in [0.2, 0.25) is 0 Å². The van der Waals surface area contributed by atoms with Crippen LogP contribution in [0, 0.1) is 5.92 Å². The molecule has 6 nitrogen and oxygen atoms in total. The summed E-state index contributed by atoms with van der Waals surface area (Å²) in [5.41, 5.74) is -0.764. The van der Waals surface area contributed by atoms with Gasteiger partial charge in [0.05, 0.1) is 0 Å². The minimum absolute atomic E-state index is 0.0380. The second-order valence-electron chi connectivity index (χ2n) is 6.62. The van der Waals surface area contributed by atoms with Gasteiger partial charge < -0.3 is 0 Å². The Hall–Kier alpha value is -1.95. The van der Waals surface area contributed by atoms with Gasteiger partial charge in [0.15, 0.2) is 0 Å². The average Bonchev–Trinajstić information content (AvgIpc) is 2.87. The first kappa shape index (κ1) is 18.8. The molecule has 0 spiro atoms. The standard InChI is InChI=1S/C19H21N2O4Se/c1-4-14-12(2)19(3,25-16(23)13-8-6-5-7-9-13)17(24-14)21-11-10-15(22)20-18(21)26/h5-12,14,17H,4H2,1-3H3/t12-,14+,17+,19?/m0/s1. The molecular weight excluding hydrogens is 399 g/mol. The van der Waals surface area contributed by atoms with Gasteiger partial charge in [-0.3, -0.25) is 0 Å². The molecule has 1 aromatic heterocycles. The molecule has 1 fully saturated rings. The van der Waals surface area contributed by atoms with Gasteiger partial charge in [0.25, 0.3) is 0 Å². The van der Waals surface area contributed by atoms with Crippen molar-refractivity contribution in [3.8, 4) is 0 Å². The second kappa shape index (κ2) is 7.35.